The van der Waals surface area contributed by atoms with E-state index in [-0.39, 0.29) is 52.3 Å². The number of carbonyl (C=O) groups excluding carboxylic acids is 2. The van der Waals surface area contributed by atoms with E-state index in [2.05, 4.69) is 13.8 Å². The number of hydrogen-bond acceptors (Lipinski definition) is 4. The van der Waals surface area contributed by atoms with Crippen molar-refractivity contribution in [2.45, 2.75) is 63.8 Å². The van der Waals surface area contributed by atoms with Gasteiger partial charge in [0, 0.05) is 10.8 Å². The van der Waals surface area contributed by atoms with Crippen molar-refractivity contribution in [2.75, 3.05) is 5.88 Å². The van der Waals surface area contributed by atoms with Gasteiger partial charge in [-0.1, -0.05) is 25.5 Å². The van der Waals surface area contributed by atoms with Crippen molar-refractivity contribution < 1.29 is 19.4 Å². The number of carbonyl (C=O) groups is 2. The number of aliphatic hydroxyl groups is 1. The van der Waals surface area contributed by atoms with E-state index in [1.165, 1.54) is 5.57 Å². The maximum Gasteiger partial charge on any atom is 0.179 e. The highest BCUT2D eigenvalue weighted by atomic mass is 35.5. The van der Waals surface area contributed by atoms with Gasteiger partial charge in [-0.25, -0.2) is 0 Å². The van der Waals surface area contributed by atoms with E-state index in [1.54, 1.807) is 12.2 Å². The van der Waals surface area contributed by atoms with Gasteiger partial charge in [-0.05, 0) is 62.5 Å². The van der Waals surface area contributed by atoms with Gasteiger partial charge in [0.15, 0.2) is 11.6 Å². The Balaban J connectivity index is 1.60. The number of allylic oxidation sites excluding steroid dienone is 2. The molecule has 4 fully saturated rings. The lowest BCUT2D eigenvalue weighted by molar-refractivity contribution is -0.160. The second-order valence-electron chi connectivity index (χ2n) is 9.84. The molecule has 4 nitrogen and oxygen atoms in total. The summed E-state index contributed by atoms with van der Waals surface area (Å²) in [5, 5.41) is 11.6. The van der Waals surface area contributed by atoms with Crippen LogP contribution in [-0.4, -0.2) is 39.9 Å². The van der Waals surface area contributed by atoms with Gasteiger partial charge in [0.2, 0.25) is 0 Å². The second kappa shape index (κ2) is 5.14. The average Bonchev–Trinajstić information content (AvgIpc) is 3.31. The zero-order chi connectivity index (χ0) is 19.4. The lowest BCUT2D eigenvalue weighted by atomic mass is 9.47. The fourth-order valence-electron chi connectivity index (χ4n) is 7.68. The van der Waals surface area contributed by atoms with Crippen molar-refractivity contribution >= 4 is 23.2 Å². The lowest BCUT2D eigenvalue weighted by Crippen LogP contribution is -2.62. The molecule has 27 heavy (non-hydrogen) atoms. The third kappa shape index (κ3) is 1.79. The number of fused-ring (bicyclic) bond motifs is 3. The molecule has 0 aromatic heterocycles. The predicted molar refractivity (Wildman–Crippen MR) is 101 cm³/mol. The van der Waals surface area contributed by atoms with Crippen LogP contribution in [0.5, 0.6) is 0 Å². The molecule has 1 heterocycles. The molecule has 3 saturated carbocycles. The smallest absolute Gasteiger partial charge is 0.179 e. The molecule has 5 aliphatic rings. The summed E-state index contributed by atoms with van der Waals surface area (Å²) in [5.41, 5.74) is -1.29. The molecule has 0 amide bonds. The summed E-state index contributed by atoms with van der Waals surface area (Å²) >= 11 is 5.90. The minimum atomic E-state index is -1.38. The van der Waals surface area contributed by atoms with Crippen LogP contribution in [0.1, 0.15) is 46.5 Å². The molecule has 146 valence electrons. The average molecular weight is 391 g/mol. The van der Waals surface area contributed by atoms with Gasteiger partial charge in [-0.3, -0.25) is 9.59 Å². The van der Waals surface area contributed by atoms with Gasteiger partial charge < -0.3 is 9.84 Å². The molecule has 0 bridgehead atoms. The quantitative estimate of drug-likeness (QED) is 0.580. The Morgan fingerprint density at radius 1 is 1.37 bits per heavy atom. The highest BCUT2D eigenvalue weighted by molar-refractivity contribution is 6.29. The van der Waals surface area contributed by atoms with E-state index < -0.39 is 11.0 Å². The summed E-state index contributed by atoms with van der Waals surface area (Å²) in [5.74, 6) is 0.0439. The zero-order valence-electron chi connectivity index (χ0n) is 16.1. The lowest BCUT2D eigenvalue weighted by Gasteiger charge is -2.55. The van der Waals surface area contributed by atoms with Crippen LogP contribution in [0.15, 0.2) is 23.8 Å². The number of ether oxygens (including phenoxy) is 1. The van der Waals surface area contributed by atoms with Crippen LogP contribution in [0.25, 0.3) is 0 Å². The first-order chi connectivity index (χ1) is 12.6. The number of rotatable bonds is 2. The Labute approximate surface area is 165 Å². The monoisotopic (exact) mass is 390 g/mol. The highest BCUT2D eigenvalue weighted by Gasteiger charge is 2.81. The van der Waals surface area contributed by atoms with Crippen molar-refractivity contribution in [2.24, 2.45) is 28.6 Å². The normalized spacial score (nSPS) is 55.1. The van der Waals surface area contributed by atoms with Crippen molar-refractivity contribution in [3.8, 4) is 0 Å². The SMILES string of the molecule is C[C@@H]1C[C@H]2[C@@H]3CCC4=CC(=O)C=C[C@]4(C)[C@@]34O[C@H]4C[C@]2(C)[C@@]1(O)C(=O)CCl. The van der Waals surface area contributed by atoms with Crippen LogP contribution in [0.4, 0.5) is 0 Å². The van der Waals surface area contributed by atoms with E-state index in [1.807, 2.05) is 13.0 Å². The minimum absolute atomic E-state index is 0.00949. The van der Waals surface area contributed by atoms with E-state index >= 15 is 0 Å². The summed E-state index contributed by atoms with van der Waals surface area (Å²) in [6, 6.07) is 0. The first kappa shape index (κ1) is 18.1. The molecule has 4 aliphatic carbocycles. The molecule has 0 unspecified atom stereocenters. The standard InChI is InChI=1S/C22H27ClO4/c1-12-8-16-15-5-4-13-9-14(24)6-7-19(13,2)22(15)18(27-22)10-20(16,3)21(12,26)17(25)11-23/h6-7,9,12,15-16,18,26H,4-5,8,10-11H2,1-3H3/t12-,15+,16+,18+,19+,20+,21+,22-/m1/s1. The maximum atomic E-state index is 12.7. The third-order valence-corrected chi connectivity index (χ3v) is 9.30. The number of alkyl halides is 1. The first-order valence-electron chi connectivity index (χ1n) is 10.1. The fraction of sp³-hybridized carbons (Fsp3) is 0.727. The summed E-state index contributed by atoms with van der Waals surface area (Å²) in [6.45, 7) is 6.26. The second-order valence-corrected chi connectivity index (χ2v) is 10.1. The fourth-order valence-corrected chi connectivity index (χ4v) is 7.88. The van der Waals surface area contributed by atoms with Gasteiger partial charge in [-0.15, -0.1) is 11.6 Å². The molecular weight excluding hydrogens is 364 g/mol. The van der Waals surface area contributed by atoms with E-state index in [9.17, 15) is 14.7 Å². The predicted octanol–water partition coefficient (Wildman–Crippen LogP) is 3.21. The molecule has 1 saturated heterocycles. The topological polar surface area (TPSA) is 66.9 Å². The number of ketones is 2. The summed E-state index contributed by atoms with van der Waals surface area (Å²) < 4.78 is 6.46. The highest BCUT2D eigenvalue weighted by Crippen LogP contribution is 2.76. The van der Waals surface area contributed by atoms with Gasteiger partial charge >= 0.3 is 0 Å². The van der Waals surface area contributed by atoms with Crippen LogP contribution < -0.4 is 0 Å². The van der Waals surface area contributed by atoms with Gasteiger partial charge in [-0.2, -0.15) is 0 Å². The Hall–Kier alpha value is -0.970. The van der Waals surface area contributed by atoms with E-state index in [0.29, 0.717) is 6.42 Å². The number of epoxide rings is 1. The first-order valence-corrected chi connectivity index (χ1v) is 10.6. The van der Waals surface area contributed by atoms with E-state index in [4.69, 9.17) is 16.3 Å². The van der Waals surface area contributed by atoms with E-state index in [0.717, 1.165) is 19.3 Å². The Bertz CT molecular complexity index is 817. The summed E-state index contributed by atoms with van der Waals surface area (Å²) in [4.78, 5) is 24.7. The van der Waals surface area contributed by atoms with Gasteiger partial charge in [0.1, 0.15) is 11.2 Å². The Kier molecular flexibility index (Phi) is 3.44. The molecule has 5 heteroatoms. The Morgan fingerprint density at radius 2 is 2.11 bits per heavy atom. The summed E-state index contributed by atoms with van der Waals surface area (Å²) in [7, 11) is 0. The van der Waals surface area contributed by atoms with Crippen LogP contribution in [0.2, 0.25) is 0 Å². The molecule has 0 radical (unpaired) electrons. The largest absolute Gasteiger partial charge is 0.381 e. The van der Waals surface area contributed by atoms with Crippen LogP contribution in [0, 0.1) is 28.6 Å². The zero-order valence-corrected chi connectivity index (χ0v) is 16.9. The molecule has 1 aliphatic heterocycles. The van der Waals surface area contributed by atoms with Crippen molar-refractivity contribution in [3.05, 3.63) is 23.8 Å². The minimum Gasteiger partial charge on any atom is -0.381 e. The van der Waals surface area contributed by atoms with Gasteiger partial charge in [0.25, 0.3) is 0 Å². The molecule has 0 aromatic rings. The van der Waals surface area contributed by atoms with Crippen LogP contribution in [-0.2, 0) is 14.3 Å². The number of halogens is 1. The van der Waals surface area contributed by atoms with Crippen molar-refractivity contribution in [3.63, 3.8) is 0 Å². The molecule has 0 aromatic carbocycles. The Morgan fingerprint density at radius 3 is 2.81 bits per heavy atom. The molecule has 5 rings (SSSR count). The summed E-state index contributed by atoms with van der Waals surface area (Å²) in [6.07, 6.45) is 8.83. The molecule has 1 N–H and O–H groups in total. The third-order valence-electron chi connectivity index (χ3n) is 9.06. The number of hydrogen-bond donors (Lipinski definition) is 1. The molecule has 8 atom stereocenters. The molecule has 1 spiro atoms. The maximum absolute atomic E-state index is 12.7. The van der Waals surface area contributed by atoms with Crippen LogP contribution >= 0.6 is 11.6 Å². The van der Waals surface area contributed by atoms with Crippen LogP contribution in [0.3, 0.4) is 0 Å². The van der Waals surface area contributed by atoms with Crippen molar-refractivity contribution in [1.29, 1.82) is 0 Å². The van der Waals surface area contributed by atoms with Gasteiger partial charge in [0.05, 0.1) is 12.0 Å². The molecular formula is C22H27ClO4. The number of Topliss-reactive ketones (excluding diaryl/α,β-unsaturated/α-hetero) is 1. The van der Waals surface area contributed by atoms with Crippen molar-refractivity contribution in [1.82, 2.24) is 0 Å².